The quantitative estimate of drug-likeness (QED) is 0.629. The van der Waals surface area contributed by atoms with Gasteiger partial charge in [-0.3, -0.25) is 4.90 Å². The number of thioether (sulfide) groups is 1. The van der Waals surface area contributed by atoms with Crippen LogP contribution in [0.2, 0.25) is 0 Å². The van der Waals surface area contributed by atoms with Crippen LogP contribution in [0.3, 0.4) is 0 Å². The Hall–Kier alpha value is 0.270. The number of likely N-dealkylation sites (N-methyl/N-ethyl adjacent to an activating group) is 1. The van der Waals surface area contributed by atoms with Crippen molar-refractivity contribution in [2.45, 2.75) is 45.2 Å². The number of nitrogens with zero attached hydrogens (tertiary/aromatic N) is 1. The topological polar surface area (TPSA) is 29.3 Å². The summed E-state index contributed by atoms with van der Waals surface area (Å²) in [5, 5.41) is 0. The third kappa shape index (κ3) is 3.79. The largest absolute Gasteiger partial charge is 0.329 e. The minimum Gasteiger partial charge on any atom is -0.329 e. The average molecular weight is 216 g/mol. The van der Waals surface area contributed by atoms with Gasteiger partial charge < -0.3 is 5.73 Å². The summed E-state index contributed by atoms with van der Waals surface area (Å²) in [6.45, 7) is 6.48. The monoisotopic (exact) mass is 216 g/mol. The predicted molar refractivity (Wildman–Crippen MR) is 65.9 cm³/mol. The van der Waals surface area contributed by atoms with Crippen molar-refractivity contribution in [1.82, 2.24) is 4.90 Å². The minimum absolute atomic E-state index is 0.631. The van der Waals surface area contributed by atoms with E-state index in [9.17, 15) is 0 Å². The first-order valence-corrected chi connectivity index (χ1v) is 7.02. The molecule has 84 valence electrons. The molecule has 1 unspecified atom stereocenters. The van der Waals surface area contributed by atoms with E-state index in [1.807, 2.05) is 11.8 Å². The van der Waals surface area contributed by atoms with Gasteiger partial charge in [0, 0.05) is 18.6 Å². The van der Waals surface area contributed by atoms with Crippen molar-refractivity contribution in [1.29, 1.82) is 0 Å². The van der Waals surface area contributed by atoms with Crippen LogP contribution in [0, 0.1) is 0 Å². The zero-order valence-electron chi connectivity index (χ0n) is 9.54. The van der Waals surface area contributed by atoms with E-state index < -0.39 is 0 Å². The highest BCUT2D eigenvalue weighted by molar-refractivity contribution is 7.99. The summed E-state index contributed by atoms with van der Waals surface area (Å²) in [4.78, 5) is 2.61. The van der Waals surface area contributed by atoms with E-state index in [0.717, 1.165) is 12.6 Å². The standard InChI is InChI=1S/C11H24N2S/c1-3-13(10-5-6-10)11(9-12)7-8-14-4-2/h10-11H,3-9,12H2,1-2H3. The molecular formula is C11H24N2S. The molecule has 0 radical (unpaired) electrons. The van der Waals surface area contributed by atoms with E-state index in [4.69, 9.17) is 5.73 Å². The van der Waals surface area contributed by atoms with Gasteiger partial charge in [0.15, 0.2) is 0 Å². The third-order valence-electron chi connectivity index (χ3n) is 2.92. The number of nitrogens with two attached hydrogens (primary N) is 1. The molecule has 1 saturated carbocycles. The highest BCUT2D eigenvalue weighted by Gasteiger charge is 2.31. The molecule has 0 bridgehead atoms. The molecule has 1 aliphatic carbocycles. The Morgan fingerprint density at radius 2 is 2.14 bits per heavy atom. The van der Waals surface area contributed by atoms with Gasteiger partial charge >= 0.3 is 0 Å². The van der Waals surface area contributed by atoms with Gasteiger partial charge in [-0.2, -0.15) is 11.8 Å². The fraction of sp³-hybridized carbons (Fsp3) is 1.00. The first-order chi connectivity index (χ1) is 6.83. The van der Waals surface area contributed by atoms with Gasteiger partial charge in [-0.1, -0.05) is 13.8 Å². The number of hydrogen-bond donors (Lipinski definition) is 1. The lowest BCUT2D eigenvalue weighted by atomic mass is 10.2. The van der Waals surface area contributed by atoms with E-state index in [1.165, 1.54) is 37.3 Å². The fourth-order valence-corrected chi connectivity index (χ4v) is 2.73. The van der Waals surface area contributed by atoms with Crippen LogP contribution in [0.5, 0.6) is 0 Å². The van der Waals surface area contributed by atoms with Crippen LogP contribution < -0.4 is 5.73 Å². The van der Waals surface area contributed by atoms with Gasteiger partial charge in [0.2, 0.25) is 0 Å². The summed E-state index contributed by atoms with van der Waals surface area (Å²) in [6.07, 6.45) is 4.05. The highest BCUT2D eigenvalue weighted by atomic mass is 32.2. The van der Waals surface area contributed by atoms with Gasteiger partial charge in [-0.05, 0) is 37.3 Å². The Labute approximate surface area is 92.6 Å². The molecule has 14 heavy (non-hydrogen) atoms. The Bertz CT molecular complexity index is 148. The second kappa shape index (κ2) is 6.70. The van der Waals surface area contributed by atoms with E-state index in [1.54, 1.807) is 0 Å². The van der Waals surface area contributed by atoms with Crippen LogP contribution in [-0.2, 0) is 0 Å². The van der Waals surface area contributed by atoms with Crippen LogP contribution in [0.1, 0.15) is 33.1 Å². The maximum Gasteiger partial charge on any atom is 0.0229 e. The SMILES string of the molecule is CCSCCC(CN)N(CC)C1CC1. The van der Waals surface area contributed by atoms with Gasteiger partial charge in [-0.25, -0.2) is 0 Å². The molecule has 0 aliphatic heterocycles. The van der Waals surface area contributed by atoms with E-state index >= 15 is 0 Å². The lowest BCUT2D eigenvalue weighted by Gasteiger charge is -2.29. The van der Waals surface area contributed by atoms with Crippen molar-refractivity contribution in [2.75, 3.05) is 24.6 Å². The van der Waals surface area contributed by atoms with Crippen LogP contribution >= 0.6 is 11.8 Å². The van der Waals surface area contributed by atoms with Gasteiger partial charge in [0.25, 0.3) is 0 Å². The van der Waals surface area contributed by atoms with Gasteiger partial charge in [-0.15, -0.1) is 0 Å². The van der Waals surface area contributed by atoms with Crippen LogP contribution in [0.15, 0.2) is 0 Å². The minimum atomic E-state index is 0.631. The van der Waals surface area contributed by atoms with Gasteiger partial charge in [0.05, 0.1) is 0 Å². The fourth-order valence-electron chi connectivity index (χ4n) is 2.00. The second-order valence-corrected chi connectivity index (χ2v) is 5.33. The molecule has 0 aromatic rings. The summed E-state index contributed by atoms with van der Waals surface area (Å²) in [5.41, 5.74) is 5.85. The molecule has 1 fully saturated rings. The van der Waals surface area contributed by atoms with Crippen molar-refractivity contribution in [2.24, 2.45) is 5.73 Å². The molecule has 0 spiro atoms. The number of hydrogen-bond acceptors (Lipinski definition) is 3. The maximum absolute atomic E-state index is 5.85. The molecule has 0 heterocycles. The molecule has 0 saturated heterocycles. The lowest BCUT2D eigenvalue weighted by Crippen LogP contribution is -2.42. The average Bonchev–Trinajstić information content (AvgIpc) is 3.01. The molecule has 0 aromatic heterocycles. The molecule has 1 rings (SSSR count). The summed E-state index contributed by atoms with van der Waals surface area (Å²) in [6, 6.07) is 1.49. The van der Waals surface area contributed by atoms with Crippen LogP contribution in [0.25, 0.3) is 0 Å². The maximum atomic E-state index is 5.85. The zero-order valence-corrected chi connectivity index (χ0v) is 10.4. The van der Waals surface area contributed by atoms with Crippen LogP contribution in [-0.4, -0.2) is 41.6 Å². The summed E-state index contributed by atoms with van der Waals surface area (Å²) >= 11 is 2.03. The molecule has 0 aromatic carbocycles. The van der Waals surface area contributed by atoms with E-state index in [-0.39, 0.29) is 0 Å². The first-order valence-electron chi connectivity index (χ1n) is 5.87. The molecule has 1 atom stereocenters. The van der Waals surface area contributed by atoms with E-state index in [2.05, 4.69) is 18.7 Å². The lowest BCUT2D eigenvalue weighted by molar-refractivity contribution is 0.196. The molecule has 3 heteroatoms. The molecular weight excluding hydrogens is 192 g/mol. The van der Waals surface area contributed by atoms with Crippen molar-refractivity contribution in [3.63, 3.8) is 0 Å². The molecule has 1 aliphatic rings. The molecule has 2 nitrogen and oxygen atoms in total. The number of rotatable bonds is 8. The van der Waals surface area contributed by atoms with Gasteiger partial charge in [0.1, 0.15) is 0 Å². The van der Waals surface area contributed by atoms with Crippen molar-refractivity contribution < 1.29 is 0 Å². The zero-order chi connectivity index (χ0) is 10.4. The van der Waals surface area contributed by atoms with Crippen molar-refractivity contribution >= 4 is 11.8 Å². The Kier molecular flexibility index (Phi) is 5.90. The second-order valence-electron chi connectivity index (χ2n) is 3.94. The van der Waals surface area contributed by atoms with Crippen molar-refractivity contribution in [3.05, 3.63) is 0 Å². The molecule has 0 amide bonds. The summed E-state index contributed by atoms with van der Waals surface area (Å²) < 4.78 is 0. The Balaban J connectivity index is 2.26. The predicted octanol–water partition coefficient (Wildman–Crippen LogP) is 1.94. The smallest absolute Gasteiger partial charge is 0.0229 e. The third-order valence-corrected chi connectivity index (χ3v) is 3.85. The summed E-state index contributed by atoms with van der Waals surface area (Å²) in [5.74, 6) is 2.49. The summed E-state index contributed by atoms with van der Waals surface area (Å²) in [7, 11) is 0. The normalized spacial score (nSPS) is 18.9. The van der Waals surface area contributed by atoms with Crippen molar-refractivity contribution in [3.8, 4) is 0 Å². The van der Waals surface area contributed by atoms with Crippen LogP contribution in [0.4, 0.5) is 0 Å². The highest BCUT2D eigenvalue weighted by Crippen LogP contribution is 2.29. The first kappa shape index (κ1) is 12.3. The Morgan fingerprint density at radius 1 is 1.43 bits per heavy atom. The molecule has 2 N–H and O–H groups in total. The Morgan fingerprint density at radius 3 is 2.57 bits per heavy atom. The van der Waals surface area contributed by atoms with E-state index in [0.29, 0.717) is 6.04 Å².